The molecule has 0 aromatic heterocycles. The minimum Gasteiger partial charge on any atom is -0.390 e. The molecule has 7 atom stereocenters. The second-order valence-corrected chi connectivity index (χ2v) is 6.54. The molecule has 2 saturated carbocycles. The second-order valence-electron chi connectivity index (χ2n) is 6.54. The van der Waals surface area contributed by atoms with Crippen LogP contribution in [-0.2, 0) is 0 Å². The van der Waals surface area contributed by atoms with E-state index in [1.807, 2.05) is 0 Å². The highest BCUT2D eigenvalue weighted by Gasteiger charge is 2.61. The number of fused-ring (bicyclic) bond motifs is 2. The third-order valence-corrected chi connectivity index (χ3v) is 5.29. The molecule has 1 aromatic rings. The first-order valence-electron chi connectivity index (χ1n) is 7.62. The van der Waals surface area contributed by atoms with Gasteiger partial charge in [-0.3, -0.25) is 14.5 Å². The summed E-state index contributed by atoms with van der Waals surface area (Å²) in [5, 5.41) is 40.4. The van der Waals surface area contributed by atoms with Gasteiger partial charge in [0, 0.05) is 0 Å². The van der Waals surface area contributed by atoms with Gasteiger partial charge < -0.3 is 20.4 Å². The van der Waals surface area contributed by atoms with Crippen LogP contribution in [0.25, 0.3) is 0 Å². The van der Waals surface area contributed by atoms with Crippen molar-refractivity contribution in [1.82, 2.24) is 4.90 Å². The van der Waals surface area contributed by atoms with E-state index in [0.29, 0.717) is 6.42 Å². The van der Waals surface area contributed by atoms with Crippen LogP contribution < -0.4 is 0 Å². The van der Waals surface area contributed by atoms with E-state index < -0.39 is 42.3 Å². The maximum atomic E-state index is 12.6. The maximum Gasteiger partial charge on any atom is 0.261 e. The van der Waals surface area contributed by atoms with Gasteiger partial charge in [-0.05, 0) is 30.4 Å². The Morgan fingerprint density at radius 2 is 1.30 bits per heavy atom. The minimum absolute atomic E-state index is 0.265. The summed E-state index contributed by atoms with van der Waals surface area (Å²) in [4.78, 5) is 26.2. The first kappa shape index (κ1) is 14.8. The third kappa shape index (κ3) is 1.91. The summed E-state index contributed by atoms with van der Waals surface area (Å²) in [6, 6.07) is 5.44. The highest BCUT2D eigenvalue weighted by atomic mass is 16.4. The van der Waals surface area contributed by atoms with E-state index in [2.05, 4.69) is 0 Å². The Kier molecular flexibility index (Phi) is 3.11. The molecule has 3 aliphatic rings. The molecule has 122 valence electrons. The molecule has 7 heteroatoms. The topological polar surface area (TPSA) is 118 Å². The van der Waals surface area contributed by atoms with E-state index in [9.17, 15) is 30.0 Å². The average Bonchev–Trinajstić information content (AvgIpc) is 3.31. The van der Waals surface area contributed by atoms with Crippen LogP contribution in [0, 0.1) is 11.8 Å². The molecular formula is C16H17NO6. The van der Waals surface area contributed by atoms with Crippen LogP contribution in [0.4, 0.5) is 0 Å². The molecule has 0 bridgehead atoms. The number of aliphatic hydroxyl groups excluding tert-OH is 4. The fraction of sp³-hybridized carbons (Fsp3) is 0.500. The van der Waals surface area contributed by atoms with Gasteiger partial charge >= 0.3 is 0 Å². The van der Waals surface area contributed by atoms with E-state index in [0.717, 1.165) is 4.90 Å². The average molecular weight is 319 g/mol. The number of carbonyl (C=O) groups excluding carboxylic acids is 2. The van der Waals surface area contributed by atoms with Crippen molar-refractivity contribution in [2.24, 2.45) is 11.8 Å². The largest absolute Gasteiger partial charge is 0.390 e. The predicted octanol–water partition coefficient (Wildman–Crippen LogP) is -1.26. The monoisotopic (exact) mass is 319 g/mol. The zero-order chi connectivity index (χ0) is 16.5. The molecule has 0 saturated heterocycles. The lowest BCUT2D eigenvalue weighted by Crippen LogP contribution is -2.54. The normalized spacial score (nSPS) is 42.3. The maximum absolute atomic E-state index is 12.6. The summed E-state index contributed by atoms with van der Waals surface area (Å²) < 4.78 is 0. The van der Waals surface area contributed by atoms with Crippen LogP contribution in [0.5, 0.6) is 0 Å². The van der Waals surface area contributed by atoms with Crippen LogP contribution in [0.15, 0.2) is 24.3 Å². The molecule has 1 aliphatic heterocycles. The Labute approximate surface area is 131 Å². The van der Waals surface area contributed by atoms with Crippen molar-refractivity contribution < 1.29 is 30.0 Å². The van der Waals surface area contributed by atoms with Gasteiger partial charge in [0.15, 0.2) is 0 Å². The summed E-state index contributed by atoms with van der Waals surface area (Å²) in [7, 11) is 0. The van der Waals surface area contributed by atoms with Gasteiger partial charge in [0.2, 0.25) is 0 Å². The summed E-state index contributed by atoms with van der Waals surface area (Å²) in [5.74, 6) is -1.70. The molecule has 0 unspecified atom stereocenters. The van der Waals surface area contributed by atoms with E-state index in [-0.39, 0.29) is 23.0 Å². The summed E-state index contributed by atoms with van der Waals surface area (Å²) >= 11 is 0. The molecule has 4 N–H and O–H groups in total. The standard InChI is InChI=1S/C16H17NO6/c18-11-9-5-8(9)10(12(19)14(21)13(11)20)17-15(22)6-3-1-2-4-7(6)16(17)23/h1-4,8-14,18-21H,5H2/t8-,9+,10-,11-,12+,13-,14-/m0/s1. The van der Waals surface area contributed by atoms with Gasteiger partial charge in [-0.2, -0.15) is 0 Å². The Morgan fingerprint density at radius 3 is 1.87 bits per heavy atom. The molecule has 2 fully saturated rings. The van der Waals surface area contributed by atoms with E-state index >= 15 is 0 Å². The van der Waals surface area contributed by atoms with E-state index in [4.69, 9.17) is 0 Å². The van der Waals surface area contributed by atoms with Crippen LogP contribution in [0.2, 0.25) is 0 Å². The van der Waals surface area contributed by atoms with Crippen molar-refractivity contribution in [1.29, 1.82) is 0 Å². The van der Waals surface area contributed by atoms with E-state index in [1.165, 1.54) is 0 Å². The van der Waals surface area contributed by atoms with Gasteiger partial charge in [0.25, 0.3) is 11.8 Å². The Morgan fingerprint density at radius 1 is 0.783 bits per heavy atom. The number of benzene rings is 1. The van der Waals surface area contributed by atoms with Gasteiger partial charge in [-0.15, -0.1) is 0 Å². The fourth-order valence-electron chi connectivity index (χ4n) is 3.96. The number of aliphatic hydroxyl groups is 4. The van der Waals surface area contributed by atoms with Crippen LogP contribution in [0.3, 0.4) is 0 Å². The Bertz CT molecular complexity index is 656. The van der Waals surface area contributed by atoms with E-state index in [1.54, 1.807) is 24.3 Å². The molecule has 1 aromatic carbocycles. The van der Waals surface area contributed by atoms with Crippen molar-refractivity contribution in [2.75, 3.05) is 0 Å². The van der Waals surface area contributed by atoms with Gasteiger partial charge in [-0.1, -0.05) is 12.1 Å². The smallest absolute Gasteiger partial charge is 0.261 e. The molecule has 2 amide bonds. The molecule has 7 nitrogen and oxygen atoms in total. The molecule has 1 heterocycles. The highest BCUT2D eigenvalue weighted by molar-refractivity contribution is 6.21. The number of rotatable bonds is 1. The number of carbonyl (C=O) groups is 2. The number of imide groups is 1. The first-order valence-corrected chi connectivity index (χ1v) is 7.62. The third-order valence-electron chi connectivity index (χ3n) is 5.29. The van der Waals surface area contributed by atoms with Crippen molar-refractivity contribution >= 4 is 11.8 Å². The molecule has 0 radical (unpaired) electrons. The number of hydrogen-bond donors (Lipinski definition) is 4. The Balaban J connectivity index is 1.74. The van der Waals surface area contributed by atoms with Crippen LogP contribution >= 0.6 is 0 Å². The van der Waals surface area contributed by atoms with Crippen LogP contribution in [0.1, 0.15) is 27.1 Å². The van der Waals surface area contributed by atoms with Gasteiger partial charge in [0.1, 0.15) is 18.3 Å². The summed E-state index contributed by atoms with van der Waals surface area (Å²) in [5.41, 5.74) is 0.531. The molecule has 23 heavy (non-hydrogen) atoms. The quantitative estimate of drug-likeness (QED) is 0.480. The minimum atomic E-state index is -1.62. The van der Waals surface area contributed by atoms with Crippen molar-refractivity contribution in [3.05, 3.63) is 35.4 Å². The van der Waals surface area contributed by atoms with Gasteiger partial charge in [-0.25, -0.2) is 0 Å². The van der Waals surface area contributed by atoms with Crippen LogP contribution in [-0.4, -0.2) is 67.6 Å². The molecule has 2 aliphatic carbocycles. The lowest BCUT2D eigenvalue weighted by molar-refractivity contribution is -0.111. The van der Waals surface area contributed by atoms with Crippen molar-refractivity contribution in [3.8, 4) is 0 Å². The SMILES string of the molecule is O=C1c2ccccc2C(=O)N1[C@@H]1[C@@H](O)[C@H](O)[C@@H](O)[C@@H](O)[C@@H]2C[C@@H]21. The Hall–Kier alpha value is -1.80. The van der Waals surface area contributed by atoms with Gasteiger partial charge in [0.05, 0.1) is 23.3 Å². The first-order chi connectivity index (χ1) is 10.9. The summed E-state index contributed by atoms with van der Waals surface area (Å²) in [6.07, 6.45) is -5.31. The molecule has 4 rings (SSSR count). The predicted molar refractivity (Wildman–Crippen MR) is 76.4 cm³/mol. The fourth-order valence-corrected chi connectivity index (χ4v) is 3.96. The molecule has 0 spiro atoms. The molecular weight excluding hydrogens is 302 g/mol. The number of nitrogens with zero attached hydrogens (tertiary/aromatic N) is 1. The number of amides is 2. The number of hydrogen-bond acceptors (Lipinski definition) is 6. The second kappa shape index (κ2) is 4.85. The zero-order valence-electron chi connectivity index (χ0n) is 12.1. The van der Waals surface area contributed by atoms with Crippen molar-refractivity contribution in [3.63, 3.8) is 0 Å². The lowest BCUT2D eigenvalue weighted by atomic mass is 9.98. The highest BCUT2D eigenvalue weighted by Crippen LogP contribution is 2.51. The summed E-state index contributed by atoms with van der Waals surface area (Å²) in [6.45, 7) is 0. The lowest BCUT2D eigenvalue weighted by Gasteiger charge is -2.33. The zero-order valence-corrected chi connectivity index (χ0v) is 12.1. The van der Waals surface area contributed by atoms with Crippen molar-refractivity contribution in [2.45, 2.75) is 36.9 Å².